The highest BCUT2D eigenvalue weighted by Gasteiger charge is 2.13. The van der Waals surface area contributed by atoms with Gasteiger partial charge in [-0.3, -0.25) is 0 Å². The standard InChI is InChI=1S/C15H24BrNO2/c1-17-12-13(6-5-9-19-11-10-18-2)14-7-3-4-8-15(14)16/h3-4,7-8,13,17H,5-6,9-12H2,1-2H3. The van der Waals surface area contributed by atoms with Gasteiger partial charge in [-0.1, -0.05) is 34.1 Å². The van der Waals surface area contributed by atoms with Crippen LogP contribution in [0.25, 0.3) is 0 Å². The van der Waals surface area contributed by atoms with Crippen molar-refractivity contribution in [2.75, 3.05) is 40.5 Å². The zero-order chi connectivity index (χ0) is 13.9. The van der Waals surface area contributed by atoms with Crippen LogP contribution in [0, 0.1) is 0 Å². The van der Waals surface area contributed by atoms with Crippen LogP contribution in [0.15, 0.2) is 28.7 Å². The Morgan fingerprint density at radius 1 is 1.21 bits per heavy atom. The number of halogens is 1. The Labute approximate surface area is 124 Å². The summed E-state index contributed by atoms with van der Waals surface area (Å²) in [6.07, 6.45) is 2.19. The second-order valence-corrected chi connectivity index (χ2v) is 5.38. The van der Waals surface area contributed by atoms with Gasteiger partial charge in [0.05, 0.1) is 13.2 Å². The van der Waals surface area contributed by atoms with Crippen molar-refractivity contribution in [2.45, 2.75) is 18.8 Å². The fraction of sp³-hybridized carbons (Fsp3) is 0.600. The summed E-state index contributed by atoms with van der Waals surface area (Å²) in [6, 6.07) is 8.45. The first-order chi connectivity index (χ1) is 9.29. The Morgan fingerprint density at radius 2 is 2.00 bits per heavy atom. The predicted molar refractivity (Wildman–Crippen MR) is 82.7 cm³/mol. The normalized spacial score (nSPS) is 12.6. The van der Waals surface area contributed by atoms with Gasteiger partial charge in [-0.05, 0) is 37.4 Å². The third kappa shape index (κ3) is 6.52. The van der Waals surface area contributed by atoms with Gasteiger partial charge in [0.2, 0.25) is 0 Å². The molecule has 0 saturated carbocycles. The van der Waals surface area contributed by atoms with E-state index in [0.717, 1.165) is 26.0 Å². The lowest BCUT2D eigenvalue weighted by Crippen LogP contribution is -2.18. The van der Waals surface area contributed by atoms with E-state index in [1.165, 1.54) is 10.0 Å². The average Bonchev–Trinajstić information content (AvgIpc) is 2.42. The van der Waals surface area contributed by atoms with E-state index in [1.54, 1.807) is 7.11 Å². The molecular formula is C15H24BrNO2. The SMILES string of the molecule is CNCC(CCCOCCOC)c1ccccc1Br. The van der Waals surface area contributed by atoms with Crippen molar-refractivity contribution in [1.82, 2.24) is 5.32 Å². The number of likely N-dealkylation sites (N-methyl/N-ethyl adjacent to an activating group) is 1. The maximum Gasteiger partial charge on any atom is 0.0700 e. The Hall–Kier alpha value is -0.420. The molecule has 0 aliphatic heterocycles. The number of hydrogen-bond acceptors (Lipinski definition) is 3. The third-order valence-electron chi connectivity index (χ3n) is 3.07. The second kappa shape index (κ2) is 10.4. The van der Waals surface area contributed by atoms with E-state index in [0.29, 0.717) is 19.1 Å². The zero-order valence-electron chi connectivity index (χ0n) is 11.8. The maximum absolute atomic E-state index is 5.51. The summed E-state index contributed by atoms with van der Waals surface area (Å²) in [7, 11) is 3.69. The molecule has 0 amide bonds. The molecule has 1 atom stereocenters. The molecule has 0 bridgehead atoms. The highest BCUT2D eigenvalue weighted by molar-refractivity contribution is 9.10. The number of hydrogen-bond donors (Lipinski definition) is 1. The molecule has 1 rings (SSSR count). The minimum Gasteiger partial charge on any atom is -0.382 e. The molecule has 0 radical (unpaired) electrons. The summed E-state index contributed by atoms with van der Waals surface area (Å²) in [5.41, 5.74) is 1.37. The lowest BCUT2D eigenvalue weighted by molar-refractivity contribution is 0.0681. The van der Waals surface area contributed by atoms with Crippen LogP contribution in [0.3, 0.4) is 0 Å². The first-order valence-corrected chi connectivity index (χ1v) is 7.54. The third-order valence-corrected chi connectivity index (χ3v) is 3.79. The van der Waals surface area contributed by atoms with E-state index in [4.69, 9.17) is 9.47 Å². The van der Waals surface area contributed by atoms with Gasteiger partial charge in [-0.15, -0.1) is 0 Å². The van der Waals surface area contributed by atoms with Gasteiger partial charge in [0, 0.05) is 24.7 Å². The molecule has 0 aromatic heterocycles. The summed E-state index contributed by atoms with van der Waals surface area (Å²) in [4.78, 5) is 0. The lowest BCUT2D eigenvalue weighted by atomic mass is 9.94. The van der Waals surface area contributed by atoms with Crippen LogP contribution < -0.4 is 5.32 Å². The van der Waals surface area contributed by atoms with E-state index in [1.807, 2.05) is 7.05 Å². The number of ether oxygens (including phenoxy) is 2. The van der Waals surface area contributed by atoms with E-state index >= 15 is 0 Å². The van der Waals surface area contributed by atoms with Crippen LogP contribution in [0.4, 0.5) is 0 Å². The maximum atomic E-state index is 5.51. The van der Waals surface area contributed by atoms with Crippen LogP contribution in [-0.2, 0) is 9.47 Å². The zero-order valence-corrected chi connectivity index (χ0v) is 13.4. The number of methoxy groups -OCH3 is 1. The summed E-state index contributed by atoms with van der Waals surface area (Å²) in [5, 5.41) is 3.27. The van der Waals surface area contributed by atoms with Crippen LogP contribution >= 0.6 is 15.9 Å². The average molecular weight is 330 g/mol. The van der Waals surface area contributed by atoms with Crippen molar-refractivity contribution in [3.8, 4) is 0 Å². The number of benzene rings is 1. The van der Waals surface area contributed by atoms with Crippen molar-refractivity contribution in [2.24, 2.45) is 0 Å². The highest BCUT2D eigenvalue weighted by Crippen LogP contribution is 2.27. The Morgan fingerprint density at radius 3 is 2.68 bits per heavy atom. The van der Waals surface area contributed by atoms with Gasteiger partial charge >= 0.3 is 0 Å². The molecule has 0 spiro atoms. The van der Waals surface area contributed by atoms with Gasteiger partial charge in [-0.2, -0.15) is 0 Å². The molecule has 0 saturated heterocycles. The van der Waals surface area contributed by atoms with Crippen molar-refractivity contribution in [3.05, 3.63) is 34.3 Å². The van der Waals surface area contributed by atoms with Crippen LogP contribution in [-0.4, -0.2) is 40.5 Å². The van der Waals surface area contributed by atoms with Crippen LogP contribution in [0.2, 0.25) is 0 Å². The molecule has 1 aromatic carbocycles. The molecule has 0 aliphatic carbocycles. The van der Waals surface area contributed by atoms with Crippen LogP contribution in [0.1, 0.15) is 24.3 Å². The van der Waals surface area contributed by atoms with E-state index in [-0.39, 0.29) is 0 Å². The first kappa shape index (κ1) is 16.6. The van der Waals surface area contributed by atoms with E-state index in [2.05, 4.69) is 45.5 Å². The van der Waals surface area contributed by atoms with E-state index in [9.17, 15) is 0 Å². The molecule has 108 valence electrons. The topological polar surface area (TPSA) is 30.5 Å². The molecule has 4 heteroatoms. The lowest BCUT2D eigenvalue weighted by Gasteiger charge is -2.18. The fourth-order valence-corrected chi connectivity index (χ4v) is 2.70. The Balaban J connectivity index is 2.39. The first-order valence-electron chi connectivity index (χ1n) is 6.75. The quantitative estimate of drug-likeness (QED) is 0.669. The van der Waals surface area contributed by atoms with Crippen LogP contribution in [0.5, 0.6) is 0 Å². The van der Waals surface area contributed by atoms with Gasteiger partial charge in [0.1, 0.15) is 0 Å². The Kier molecular flexibility index (Phi) is 9.08. The molecular weight excluding hydrogens is 306 g/mol. The van der Waals surface area contributed by atoms with E-state index < -0.39 is 0 Å². The minimum absolute atomic E-state index is 0.520. The highest BCUT2D eigenvalue weighted by atomic mass is 79.9. The minimum atomic E-state index is 0.520. The van der Waals surface area contributed by atoms with Gasteiger partial charge < -0.3 is 14.8 Å². The smallest absolute Gasteiger partial charge is 0.0700 e. The molecule has 1 aromatic rings. The molecule has 0 aliphatic rings. The molecule has 19 heavy (non-hydrogen) atoms. The largest absolute Gasteiger partial charge is 0.382 e. The van der Waals surface area contributed by atoms with Crippen molar-refractivity contribution >= 4 is 15.9 Å². The van der Waals surface area contributed by atoms with Gasteiger partial charge in [-0.25, -0.2) is 0 Å². The molecule has 1 N–H and O–H groups in total. The Bertz CT molecular complexity index is 347. The van der Waals surface area contributed by atoms with Crippen molar-refractivity contribution in [3.63, 3.8) is 0 Å². The fourth-order valence-electron chi connectivity index (χ4n) is 2.10. The summed E-state index contributed by atoms with van der Waals surface area (Å²) >= 11 is 3.63. The number of rotatable bonds is 10. The van der Waals surface area contributed by atoms with Crippen molar-refractivity contribution < 1.29 is 9.47 Å². The molecule has 1 unspecified atom stereocenters. The van der Waals surface area contributed by atoms with Gasteiger partial charge in [0.25, 0.3) is 0 Å². The summed E-state index contributed by atoms with van der Waals surface area (Å²) < 4.78 is 11.7. The van der Waals surface area contributed by atoms with Crippen molar-refractivity contribution in [1.29, 1.82) is 0 Å². The molecule has 0 fully saturated rings. The summed E-state index contributed by atoms with van der Waals surface area (Å²) in [6.45, 7) is 3.14. The monoisotopic (exact) mass is 329 g/mol. The second-order valence-electron chi connectivity index (χ2n) is 4.52. The molecule has 3 nitrogen and oxygen atoms in total. The van der Waals surface area contributed by atoms with Gasteiger partial charge in [0.15, 0.2) is 0 Å². The number of nitrogens with one attached hydrogen (secondary N) is 1. The molecule has 0 heterocycles. The predicted octanol–water partition coefficient (Wildman–Crippen LogP) is 3.20. The summed E-state index contributed by atoms with van der Waals surface area (Å²) in [5.74, 6) is 0.520.